The van der Waals surface area contributed by atoms with Crippen LogP contribution in [0.5, 0.6) is 0 Å². The van der Waals surface area contributed by atoms with E-state index in [1.807, 2.05) is 12.3 Å². The average Bonchev–Trinajstić information content (AvgIpc) is 3.60. The van der Waals surface area contributed by atoms with Gasteiger partial charge < -0.3 is 0 Å². The molecule has 0 atom stereocenters. The van der Waals surface area contributed by atoms with Crippen LogP contribution in [0.3, 0.4) is 0 Å². The first kappa shape index (κ1) is 31.9. The van der Waals surface area contributed by atoms with Gasteiger partial charge in [-0.15, -0.1) is 0 Å². The highest BCUT2D eigenvalue weighted by atomic mass is 14.8. The fourth-order valence-electron chi connectivity index (χ4n) is 9.99. The van der Waals surface area contributed by atoms with Crippen LogP contribution >= 0.6 is 0 Å². The summed E-state index contributed by atoms with van der Waals surface area (Å²) < 4.78 is 0. The number of rotatable bonds is 4. The van der Waals surface area contributed by atoms with E-state index in [0.29, 0.717) is 0 Å². The van der Waals surface area contributed by atoms with Gasteiger partial charge in [-0.1, -0.05) is 182 Å². The number of aromatic nitrogens is 2. The molecule has 0 saturated heterocycles. The largest absolute Gasteiger partial charge is 0.254 e. The molecular weight excluding hydrogens is 689 g/mol. The lowest BCUT2D eigenvalue weighted by Crippen LogP contribution is -2.28. The Balaban J connectivity index is 1.14. The molecule has 0 N–H and O–H groups in total. The molecule has 264 valence electrons. The highest BCUT2D eigenvalue weighted by Gasteiger charge is 2.47. The monoisotopic (exact) mass is 722 g/mol. The summed E-state index contributed by atoms with van der Waals surface area (Å²) in [7, 11) is 0. The number of nitrogens with zero attached hydrogens (tertiary/aromatic N) is 2. The van der Waals surface area contributed by atoms with Crippen LogP contribution in [0.15, 0.2) is 206 Å². The van der Waals surface area contributed by atoms with Gasteiger partial charge in [0.2, 0.25) is 0 Å². The lowest BCUT2D eigenvalue weighted by atomic mass is 9.66. The van der Waals surface area contributed by atoms with Crippen LogP contribution in [0.25, 0.3) is 87.6 Å². The Labute approximate surface area is 330 Å². The van der Waals surface area contributed by atoms with Crippen molar-refractivity contribution in [1.29, 1.82) is 0 Å². The number of benzene rings is 9. The molecule has 0 radical (unpaired) electrons. The van der Waals surface area contributed by atoms with E-state index in [4.69, 9.17) is 9.97 Å². The Bertz CT molecular complexity index is 3360. The van der Waals surface area contributed by atoms with E-state index in [0.717, 1.165) is 33.1 Å². The van der Waals surface area contributed by atoms with E-state index in [9.17, 15) is 0 Å². The van der Waals surface area contributed by atoms with Crippen LogP contribution in [0.2, 0.25) is 0 Å². The summed E-state index contributed by atoms with van der Waals surface area (Å²) in [6.07, 6.45) is 1.85. The molecule has 0 amide bonds. The molecule has 11 aromatic rings. The topological polar surface area (TPSA) is 25.8 Å². The zero-order chi connectivity index (χ0) is 37.5. The van der Waals surface area contributed by atoms with Gasteiger partial charge in [-0.3, -0.25) is 4.98 Å². The van der Waals surface area contributed by atoms with Crippen LogP contribution in [0.1, 0.15) is 22.3 Å². The summed E-state index contributed by atoms with van der Waals surface area (Å²) in [5.74, 6) is 0. The highest BCUT2D eigenvalue weighted by Crippen LogP contribution is 2.59. The van der Waals surface area contributed by atoms with Crippen LogP contribution in [-0.2, 0) is 5.41 Å². The summed E-state index contributed by atoms with van der Waals surface area (Å²) in [5, 5.41) is 9.60. The van der Waals surface area contributed by atoms with E-state index in [1.165, 1.54) is 76.8 Å². The molecule has 0 unspecified atom stereocenters. The summed E-state index contributed by atoms with van der Waals surface area (Å²) in [4.78, 5) is 10.00. The molecule has 2 heteroatoms. The van der Waals surface area contributed by atoms with Gasteiger partial charge in [-0.2, -0.15) is 0 Å². The lowest BCUT2D eigenvalue weighted by Gasteiger charge is -2.35. The van der Waals surface area contributed by atoms with E-state index in [2.05, 4.69) is 194 Å². The minimum absolute atomic E-state index is 0.500. The standard InChI is InChI=1S/C55H34N2/c1-3-15-38(16-4-1)55(39-17-5-2-6-18-39)49-24-12-11-22-44(49)47-29-27-37-34-48(42-21-9-10-23-46(42)51(37)52(47)55)43-30-31-45(41-20-8-7-19-40(41)43)50-32-28-36-26-25-35-14-13-33-56-53(35)54(36)57-50/h1-34H. The van der Waals surface area contributed by atoms with Gasteiger partial charge in [0.05, 0.1) is 22.1 Å². The Morgan fingerprint density at radius 2 is 0.912 bits per heavy atom. The molecule has 0 bridgehead atoms. The van der Waals surface area contributed by atoms with Gasteiger partial charge in [-0.25, -0.2) is 4.98 Å². The van der Waals surface area contributed by atoms with Gasteiger partial charge >= 0.3 is 0 Å². The molecule has 0 saturated carbocycles. The number of hydrogen-bond donors (Lipinski definition) is 0. The fraction of sp³-hybridized carbons (Fsp3) is 0.0182. The molecule has 57 heavy (non-hydrogen) atoms. The molecule has 1 aliphatic carbocycles. The van der Waals surface area contributed by atoms with Crippen molar-refractivity contribution in [3.05, 3.63) is 229 Å². The van der Waals surface area contributed by atoms with Gasteiger partial charge in [0.15, 0.2) is 0 Å². The second-order valence-electron chi connectivity index (χ2n) is 15.2. The predicted molar refractivity (Wildman–Crippen MR) is 238 cm³/mol. The van der Waals surface area contributed by atoms with Crippen molar-refractivity contribution in [2.24, 2.45) is 0 Å². The Morgan fingerprint density at radius 1 is 0.351 bits per heavy atom. The van der Waals surface area contributed by atoms with E-state index < -0.39 is 5.41 Å². The summed E-state index contributed by atoms with van der Waals surface area (Å²) in [6, 6.07) is 73.5. The van der Waals surface area contributed by atoms with Crippen molar-refractivity contribution >= 4 is 54.1 Å². The molecule has 2 aromatic heterocycles. The van der Waals surface area contributed by atoms with Gasteiger partial charge in [0, 0.05) is 22.5 Å². The third-order valence-corrected chi connectivity index (χ3v) is 12.4. The third kappa shape index (κ3) is 4.53. The molecule has 2 heterocycles. The lowest BCUT2D eigenvalue weighted by molar-refractivity contribution is 0.776. The first-order valence-corrected chi connectivity index (χ1v) is 19.7. The molecular formula is C55H34N2. The number of fused-ring (bicyclic) bond motifs is 11. The van der Waals surface area contributed by atoms with Gasteiger partial charge in [0.25, 0.3) is 0 Å². The van der Waals surface area contributed by atoms with E-state index in [1.54, 1.807) is 0 Å². The SMILES string of the molecule is c1ccc(C2(c3ccccc3)c3ccccc3-c3ccc4cc(-c5ccc(-c6ccc7ccc8cccnc8c7n6)c6ccccc56)c5ccccc5c4c32)cc1. The zero-order valence-electron chi connectivity index (χ0n) is 31.0. The van der Waals surface area contributed by atoms with Crippen molar-refractivity contribution in [2.45, 2.75) is 5.41 Å². The smallest absolute Gasteiger partial charge is 0.0972 e. The Hall–Kier alpha value is -7.42. The molecule has 12 rings (SSSR count). The highest BCUT2D eigenvalue weighted by molar-refractivity contribution is 6.20. The van der Waals surface area contributed by atoms with Crippen molar-refractivity contribution in [3.63, 3.8) is 0 Å². The predicted octanol–water partition coefficient (Wildman–Crippen LogP) is 13.9. The van der Waals surface area contributed by atoms with E-state index in [-0.39, 0.29) is 0 Å². The fourth-order valence-corrected chi connectivity index (χ4v) is 9.99. The van der Waals surface area contributed by atoms with E-state index >= 15 is 0 Å². The Morgan fingerprint density at radius 3 is 1.67 bits per heavy atom. The first-order chi connectivity index (χ1) is 28.3. The molecule has 9 aromatic carbocycles. The molecule has 2 nitrogen and oxygen atoms in total. The van der Waals surface area contributed by atoms with Crippen LogP contribution < -0.4 is 0 Å². The number of pyridine rings is 2. The Kier molecular flexibility index (Phi) is 6.88. The molecule has 1 aliphatic rings. The average molecular weight is 723 g/mol. The van der Waals surface area contributed by atoms with Gasteiger partial charge in [-0.05, 0) is 95.0 Å². The second-order valence-corrected chi connectivity index (χ2v) is 15.2. The minimum atomic E-state index is -0.500. The number of hydrogen-bond acceptors (Lipinski definition) is 2. The second kappa shape index (κ2) is 12.3. The maximum atomic E-state index is 5.27. The zero-order valence-corrected chi connectivity index (χ0v) is 31.0. The normalized spacial score (nSPS) is 13.1. The molecule has 0 aliphatic heterocycles. The van der Waals surface area contributed by atoms with Crippen molar-refractivity contribution < 1.29 is 0 Å². The van der Waals surface area contributed by atoms with Crippen LogP contribution in [0, 0.1) is 0 Å². The van der Waals surface area contributed by atoms with Crippen molar-refractivity contribution in [3.8, 4) is 33.5 Å². The van der Waals surface area contributed by atoms with Gasteiger partial charge in [0.1, 0.15) is 0 Å². The maximum Gasteiger partial charge on any atom is 0.0972 e. The summed E-state index contributed by atoms with van der Waals surface area (Å²) in [5.41, 5.74) is 13.7. The third-order valence-electron chi connectivity index (χ3n) is 12.4. The maximum absolute atomic E-state index is 5.27. The first-order valence-electron chi connectivity index (χ1n) is 19.7. The quantitative estimate of drug-likeness (QED) is 0.169. The summed E-state index contributed by atoms with van der Waals surface area (Å²) in [6.45, 7) is 0. The summed E-state index contributed by atoms with van der Waals surface area (Å²) >= 11 is 0. The van der Waals surface area contributed by atoms with Crippen molar-refractivity contribution in [2.75, 3.05) is 0 Å². The van der Waals surface area contributed by atoms with Crippen LogP contribution in [-0.4, -0.2) is 9.97 Å². The van der Waals surface area contributed by atoms with Crippen molar-refractivity contribution in [1.82, 2.24) is 9.97 Å². The van der Waals surface area contributed by atoms with Crippen LogP contribution in [0.4, 0.5) is 0 Å². The minimum Gasteiger partial charge on any atom is -0.254 e. The molecule has 0 spiro atoms. The molecule has 0 fully saturated rings.